The molecular weight excluding hydrogens is 298 g/mol. The highest BCUT2D eigenvalue weighted by Crippen LogP contribution is 2.27. The Morgan fingerprint density at radius 3 is 2.63 bits per heavy atom. The van der Waals surface area contributed by atoms with Crippen molar-refractivity contribution in [3.63, 3.8) is 0 Å². The minimum atomic E-state index is 0.700. The largest absolute Gasteiger partial charge is 0.494 e. The van der Waals surface area contributed by atoms with Gasteiger partial charge in [0.25, 0.3) is 0 Å². The molecule has 0 amide bonds. The van der Waals surface area contributed by atoms with Gasteiger partial charge in [0.05, 0.1) is 6.61 Å². The molecule has 0 bridgehead atoms. The fourth-order valence-corrected chi connectivity index (χ4v) is 3.73. The van der Waals surface area contributed by atoms with Gasteiger partial charge in [0.1, 0.15) is 5.75 Å². The Morgan fingerprint density at radius 2 is 1.95 bits per heavy atom. The van der Waals surface area contributed by atoms with Crippen LogP contribution in [0.25, 0.3) is 0 Å². The molecule has 0 saturated heterocycles. The average molecular weight is 313 g/mol. The van der Waals surface area contributed by atoms with Crippen molar-refractivity contribution in [3.8, 4) is 5.75 Å². The molecule has 1 aromatic carbocycles. The molecule has 2 aromatic rings. The first-order chi connectivity index (χ1) is 9.28. The molecule has 0 unspecified atom stereocenters. The maximum atomic E-state index is 5.62. The zero-order valence-corrected chi connectivity index (χ0v) is 13.0. The average Bonchev–Trinajstić information content (AvgIpc) is 2.88. The van der Waals surface area contributed by atoms with Crippen LogP contribution < -0.4 is 10.5 Å². The summed E-state index contributed by atoms with van der Waals surface area (Å²) in [6.07, 6.45) is 2.98. The zero-order chi connectivity index (χ0) is 13.5. The first-order valence-corrected chi connectivity index (χ1v) is 8.79. The second-order valence-corrected chi connectivity index (χ2v) is 7.03. The van der Waals surface area contributed by atoms with E-state index in [0.717, 1.165) is 32.3 Å². The molecule has 0 spiro atoms. The monoisotopic (exact) mass is 313 g/mol. The number of nitrogens with zero attached hydrogens (tertiary/aromatic N) is 2. The van der Waals surface area contributed by atoms with E-state index in [-0.39, 0.29) is 0 Å². The number of hydrogen-bond donors (Lipinski definition) is 1. The van der Waals surface area contributed by atoms with E-state index in [9.17, 15) is 0 Å². The Balaban J connectivity index is 1.63. The van der Waals surface area contributed by atoms with Crippen LogP contribution in [0.15, 0.2) is 32.9 Å². The van der Waals surface area contributed by atoms with Crippen molar-refractivity contribution in [2.24, 2.45) is 0 Å². The van der Waals surface area contributed by atoms with Gasteiger partial charge in [-0.15, -0.1) is 10.2 Å². The number of hydrogen-bond acceptors (Lipinski definition) is 7. The lowest BCUT2D eigenvalue weighted by molar-refractivity contribution is 0.319. The van der Waals surface area contributed by atoms with Crippen molar-refractivity contribution in [2.75, 3.05) is 24.3 Å². The first kappa shape index (κ1) is 14.5. The number of rotatable bonds is 7. The van der Waals surface area contributed by atoms with Crippen LogP contribution in [0, 0.1) is 0 Å². The molecule has 102 valence electrons. The van der Waals surface area contributed by atoms with Gasteiger partial charge < -0.3 is 10.5 Å². The van der Waals surface area contributed by atoms with Crippen LogP contribution >= 0.6 is 34.9 Å². The van der Waals surface area contributed by atoms with E-state index in [2.05, 4.69) is 10.2 Å². The summed E-state index contributed by atoms with van der Waals surface area (Å²) in [6.45, 7) is 0.700. The van der Waals surface area contributed by atoms with Crippen LogP contribution in [0.3, 0.4) is 0 Å². The number of benzene rings is 1. The van der Waals surface area contributed by atoms with Gasteiger partial charge in [-0.05, 0) is 36.9 Å². The smallest absolute Gasteiger partial charge is 0.175 e. The van der Waals surface area contributed by atoms with E-state index in [0.29, 0.717) is 6.61 Å². The van der Waals surface area contributed by atoms with Crippen molar-refractivity contribution in [1.29, 1.82) is 0 Å². The van der Waals surface area contributed by atoms with Crippen LogP contribution in [-0.4, -0.2) is 28.8 Å². The van der Waals surface area contributed by atoms with E-state index in [1.807, 2.05) is 30.5 Å². The van der Waals surface area contributed by atoms with Gasteiger partial charge in [0, 0.05) is 11.4 Å². The number of aromatic nitrogens is 2. The molecule has 2 rings (SSSR count). The zero-order valence-electron chi connectivity index (χ0n) is 10.5. The van der Waals surface area contributed by atoms with Crippen molar-refractivity contribution < 1.29 is 4.74 Å². The molecule has 0 aliphatic carbocycles. The SMILES string of the molecule is CSc1nnc(SCCCOc2ccc(N)cc2)s1. The Labute approximate surface area is 125 Å². The molecular formula is C12H15N3OS3. The third kappa shape index (κ3) is 4.93. The van der Waals surface area contributed by atoms with Crippen LogP contribution in [0.1, 0.15) is 6.42 Å². The summed E-state index contributed by atoms with van der Waals surface area (Å²) >= 11 is 4.99. The topological polar surface area (TPSA) is 61.0 Å². The Hall–Kier alpha value is -0.920. The van der Waals surface area contributed by atoms with Crippen molar-refractivity contribution in [3.05, 3.63) is 24.3 Å². The number of anilines is 1. The Kier molecular flexibility index (Phi) is 5.81. The van der Waals surface area contributed by atoms with Gasteiger partial charge in [0.15, 0.2) is 8.68 Å². The third-order valence-corrected chi connectivity index (χ3v) is 5.34. The summed E-state index contributed by atoms with van der Waals surface area (Å²) in [6, 6.07) is 7.46. The molecule has 0 aliphatic rings. The van der Waals surface area contributed by atoms with Crippen LogP contribution in [0.4, 0.5) is 5.69 Å². The Bertz CT molecular complexity index is 501. The summed E-state index contributed by atoms with van der Waals surface area (Å²) in [5, 5.41) is 8.17. The van der Waals surface area contributed by atoms with Crippen molar-refractivity contribution >= 4 is 40.5 Å². The van der Waals surface area contributed by atoms with Crippen LogP contribution in [0.5, 0.6) is 5.75 Å². The molecule has 4 nitrogen and oxygen atoms in total. The molecule has 1 aromatic heterocycles. The fraction of sp³-hybridized carbons (Fsp3) is 0.333. The molecule has 7 heteroatoms. The van der Waals surface area contributed by atoms with Gasteiger partial charge >= 0.3 is 0 Å². The number of thioether (sulfide) groups is 2. The summed E-state index contributed by atoms with van der Waals surface area (Å²) in [4.78, 5) is 0. The van der Waals surface area contributed by atoms with Gasteiger partial charge in [0.2, 0.25) is 0 Å². The highest BCUT2D eigenvalue weighted by molar-refractivity contribution is 8.02. The molecule has 2 N–H and O–H groups in total. The van der Waals surface area contributed by atoms with Gasteiger partial charge in [-0.3, -0.25) is 0 Å². The molecule has 0 atom stereocenters. The summed E-state index contributed by atoms with van der Waals surface area (Å²) in [5.41, 5.74) is 6.36. The van der Waals surface area contributed by atoms with Crippen LogP contribution in [-0.2, 0) is 0 Å². The predicted molar refractivity (Wildman–Crippen MR) is 83.4 cm³/mol. The predicted octanol–water partition coefficient (Wildman–Crippen LogP) is 3.40. The second kappa shape index (κ2) is 7.62. The minimum Gasteiger partial charge on any atom is -0.494 e. The maximum absolute atomic E-state index is 5.62. The molecule has 0 fully saturated rings. The second-order valence-electron chi connectivity index (χ2n) is 3.66. The van der Waals surface area contributed by atoms with Crippen LogP contribution in [0.2, 0.25) is 0 Å². The summed E-state index contributed by atoms with van der Waals surface area (Å²) in [5.74, 6) is 1.85. The third-order valence-electron chi connectivity index (χ3n) is 2.23. The fourth-order valence-electron chi connectivity index (χ4n) is 1.31. The van der Waals surface area contributed by atoms with Crippen molar-refractivity contribution in [2.45, 2.75) is 15.1 Å². The van der Waals surface area contributed by atoms with Gasteiger partial charge in [-0.1, -0.05) is 34.9 Å². The molecule has 0 saturated carbocycles. The number of nitrogens with two attached hydrogens (primary N) is 1. The molecule has 19 heavy (non-hydrogen) atoms. The minimum absolute atomic E-state index is 0.700. The van der Waals surface area contributed by atoms with E-state index >= 15 is 0 Å². The summed E-state index contributed by atoms with van der Waals surface area (Å²) in [7, 11) is 0. The van der Waals surface area contributed by atoms with E-state index in [1.54, 1.807) is 34.9 Å². The van der Waals surface area contributed by atoms with Gasteiger partial charge in [-0.25, -0.2) is 0 Å². The lowest BCUT2D eigenvalue weighted by atomic mass is 10.3. The number of nitrogen functional groups attached to an aromatic ring is 1. The lowest BCUT2D eigenvalue weighted by Crippen LogP contribution is -1.98. The highest BCUT2D eigenvalue weighted by Gasteiger charge is 2.03. The maximum Gasteiger partial charge on any atom is 0.175 e. The normalized spacial score (nSPS) is 10.6. The first-order valence-electron chi connectivity index (χ1n) is 5.76. The standard InChI is InChI=1S/C12H15N3OS3/c1-17-11-14-15-12(19-11)18-8-2-7-16-10-5-3-9(13)4-6-10/h3-6H,2,7-8,13H2,1H3. The quantitative estimate of drug-likeness (QED) is 0.480. The van der Waals surface area contributed by atoms with E-state index < -0.39 is 0 Å². The Morgan fingerprint density at radius 1 is 1.21 bits per heavy atom. The summed E-state index contributed by atoms with van der Waals surface area (Å²) < 4.78 is 7.66. The molecule has 0 aliphatic heterocycles. The van der Waals surface area contributed by atoms with E-state index in [1.165, 1.54) is 0 Å². The molecule has 0 radical (unpaired) electrons. The molecule has 1 heterocycles. The lowest BCUT2D eigenvalue weighted by Gasteiger charge is -2.05. The van der Waals surface area contributed by atoms with Gasteiger partial charge in [-0.2, -0.15) is 0 Å². The van der Waals surface area contributed by atoms with Crippen molar-refractivity contribution in [1.82, 2.24) is 10.2 Å². The highest BCUT2D eigenvalue weighted by atomic mass is 32.2. The number of ether oxygens (including phenoxy) is 1. The van der Waals surface area contributed by atoms with E-state index in [4.69, 9.17) is 10.5 Å².